The van der Waals surface area contributed by atoms with E-state index in [4.69, 9.17) is 10.5 Å². The first-order chi connectivity index (χ1) is 8.61. The molecule has 3 N–H and O–H groups in total. The standard InChI is InChI=1S/C11H17N5O2/c1-7-14-9(13-2)5-10(15-7)16-3-4-18-6-8(16)11(12)17/h5,8H,3-4,6H2,1-2H3,(H2,12,17)(H,13,14,15). The van der Waals surface area contributed by atoms with Crippen LogP contribution in [0.4, 0.5) is 11.6 Å². The van der Waals surface area contributed by atoms with Crippen molar-refractivity contribution in [3.63, 3.8) is 0 Å². The second-order valence-corrected chi connectivity index (χ2v) is 4.10. The number of primary amides is 1. The topological polar surface area (TPSA) is 93.4 Å². The number of rotatable bonds is 3. The van der Waals surface area contributed by atoms with Gasteiger partial charge in [-0.1, -0.05) is 0 Å². The third-order valence-corrected chi connectivity index (χ3v) is 2.83. The zero-order chi connectivity index (χ0) is 13.1. The zero-order valence-corrected chi connectivity index (χ0v) is 10.5. The van der Waals surface area contributed by atoms with Gasteiger partial charge in [-0.25, -0.2) is 9.97 Å². The summed E-state index contributed by atoms with van der Waals surface area (Å²) in [6.07, 6.45) is 0. The van der Waals surface area contributed by atoms with Gasteiger partial charge in [0.2, 0.25) is 5.91 Å². The molecule has 18 heavy (non-hydrogen) atoms. The number of carbonyl (C=O) groups excluding carboxylic acids is 1. The smallest absolute Gasteiger partial charge is 0.242 e. The SMILES string of the molecule is CNc1cc(N2CCOCC2C(N)=O)nc(C)n1. The molecule has 1 unspecified atom stereocenters. The Morgan fingerprint density at radius 3 is 3.06 bits per heavy atom. The number of nitrogens with two attached hydrogens (primary N) is 1. The molecule has 0 bridgehead atoms. The van der Waals surface area contributed by atoms with Gasteiger partial charge in [-0.05, 0) is 6.92 Å². The fourth-order valence-corrected chi connectivity index (χ4v) is 1.94. The van der Waals surface area contributed by atoms with Crippen molar-refractivity contribution >= 4 is 17.5 Å². The van der Waals surface area contributed by atoms with Gasteiger partial charge in [0.15, 0.2) is 0 Å². The molecule has 0 aliphatic carbocycles. The molecule has 0 saturated carbocycles. The molecule has 1 fully saturated rings. The van der Waals surface area contributed by atoms with Crippen LogP contribution < -0.4 is 16.0 Å². The highest BCUT2D eigenvalue weighted by Crippen LogP contribution is 2.20. The molecule has 1 aliphatic heterocycles. The van der Waals surface area contributed by atoms with Crippen LogP contribution in [0, 0.1) is 6.92 Å². The van der Waals surface area contributed by atoms with Gasteiger partial charge >= 0.3 is 0 Å². The van der Waals surface area contributed by atoms with Gasteiger partial charge in [-0.3, -0.25) is 4.79 Å². The summed E-state index contributed by atoms with van der Waals surface area (Å²) in [5, 5.41) is 2.97. The molecular formula is C11H17N5O2. The quantitative estimate of drug-likeness (QED) is 0.753. The van der Waals surface area contributed by atoms with E-state index in [9.17, 15) is 4.79 Å². The minimum absolute atomic E-state index is 0.299. The van der Waals surface area contributed by atoms with Crippen LogP contribution >= 0.6 is 0 Å². The van der Waals surface area contributed by atoms with Crippen molar-refractivity contribution in [3.05, 3.63) is 11.9 Å². The molecule has 2 heterocycles. The Bertz CT molecular complexity index is 451. The summed E-state index contributed by atoms with van der Waals surface area (Å²) in [7, 11) is 1.79. The van der Waals surface area contributed by atoms with Crippen molar-refractivity contribution in [2.45, 2.75) is 13.0 Å². The largest absolute Gasteiger partial charge is 0.377 e. The average Bonchev–Trinajstić information content (AvgIpc) is 2.38. The predicted molar refractivity (Wildman–Crippen MR) is 67.5 cm³/mol. The average molecular weight is 251 g/mol. The monoisotopic (exact) mass is 251 g/mol. The maximum Gasteiger partial charge on any atom is 0.242 e. The van der Waals surface area contributed by atoms with Gasteiger partial charge in [-0.15, -0.1) is 0 Å². The summed E-state index contributed by atoms with van der Waals surface area (Å²) >= 11 is 0. The number of hydrogen-bond acceptors (Lipinski definition) is 6. The number of ether oxygens (including phenoxy) is 1. The first kappa shape index (κ1) is 12.6. The van der Waals surface area contributed by atoms with E-state index < -0.39 is 11.9 Å². The van der Waals surface area contributed by atoms with Crippen molar-refractivity contribution in [2.75, 3.05) is 37.0 Å². The van der Waals surface area contributed by atoms with Gasteiger partial charge in [0.25, 0.3) is 0 Å². The highest BCUT2D eigenvalue weighted by Gasteiger charge is 2.29. The summed E-state index contributed by atoms with van der Waals surface area (Å²) in [6, 6.07) is 1.33. The lowest BCUT2D eigenvalue weighted by Gasteiger charge is -2.34. The fourth-order valence-electron chi connectivity index (χ4n) is 1.94. The van der Waals surface area contributed by atoms with Crippen LogP contribution in [0.2, 0.25) is 0 Å². The summed E-state index contributed by atoms with van der Waals surface area (Å²) in [6.45, 7) is 3.26. The van der Waals surface area contributed by atoms with Crippen molar-refractivity contribution in [2.24, 2.45) is 5.73 Å². The van der Waals surface area contributed by atoms with E-state index in [0.29, 0.717) is 37.2 Å². The van der Waals surface area contributed by atoms with Crippen molar-refractivity contribution < 1.29 is 9.53 Å². The molecule has 1 saturated heterocycles. The highest BCUT2D eigenvalue weighted by atomic mass is 16.5. The number of aromatic nitrogens is 2. The Morgan fingerprint density at radius 1 is 1.61 bits per heavy atom. The number of anilines is 2. The Morgan fingerprint density at radius 2 is 2.39 bits per heavy atom. The van der Waals surface area contributed by atoms with Crippen LogP contribution in [0.5, 0.6) is 0 Å². The minimum Gasteiger partial charge on any atom is -0.377 e. The predicted octanol–water partition coefficient (Wildman–Crippen LogP) is -0.483. The Balaban J connectivity index is 2.33. The summed E-state index contributed by atoms with van der Waals surface area (Å²) in [5.74, 6) is 1.65. The van der Waals surface area contributed by atoms with E-state index in [2.05, 4.69) is 15.3 Å². The van der Waals surface area contributed by atoms with Crippen molar-refractivity contribution in [3.8, 4) is 0 Å². The summed E-state index contributed by atoms with van der Waals surface area (Å²) < 4.78 is 5.28. The molecule has 2 rings (SSSR count). The molecule has 1 atom stereocenters. The Labute approximate surface area is 105 Å². The Hall–Kier alpha value is -1.89. The first-order valence-electron chi connectivity index (χ1n) is 5.79. The van der Waals surface area contributed by atoms with Crippen molar-refractivity contribution in [1.29, 1.82) is 0 Å². The number of amides is 1. The molecule has 0 aromatic carbocycles. The number of carbonyl (C=O) groups is 1. The van der Waals surface area contributed by atoms with E-state index in [1.165, 1.54) is 0 Å². The summed E-state index contributed by atoms with van der Waals surface area (Å²) in [5.41, 5.74) is 5.38. The van der Waals surface area contributed by atoms with Gasteiger partial charge < -0.3 is 20.7 Å². The lowest BCUT2D eigenvalue weighted by molar-refractivity contribution is -0.121. The molecule has 1 amide bonds. The molecule has 1 aliphatic rings. The van der Waals surface area contributed by atoms with Gasteiger partial charge in [0.1, 0.15) is 23.5 Å². The lowest BCUT2D eigenvalue weighted by Crippen LogP contribution is -2.53. The number of morpholine rings is 1. The van der Waals surface area contributed by atoms with Gasteiger partial charge in [-0.2, -0.15) is 0 Å². The van der Waals surface area contributed by atoms with Crippen molar-refractivity contribution in [1.82, 2.24) is 9.97 Å². The third kappa shape index (κ3) is 2.51. The number of hydrogen-bond donors (Lipinski definition) is 2. The van der Waals surface area contributed by atoms with Crippen LogP contribution in [-0.4, -0.2) is 48.7 Å². The normalized spacial score (nSPS) is 19.7. The fraction of sp³-hybridized carbons (Fsp3) is 0.545. The molecule has 1 aromatic heterocycles. The molecule has 7 heteroatoms. The minimum atomic E-state index is -0.474. The second-order valence-electron chi connectivity index (χ2n) is 4.10. The molecular weight excluding hydrogens is 234 g/mol. The maximum absolute atomic E-state index is 11.4. The maximum atomic E-state index is 11.4. The number of nitrogens with one attached hydrogen (secondary N) is 1. The van der Waals surface area contributed by atoms with Crippen LogP contribution in [0.25, 0.3) is 0 Å². The van der Waals surface area contributed by atoms with E-state index in [0.717, 1.165) is 0 Å². The van der Waals surface area contributed by atoms with Crippen LogP contribution in [0.15, 0.2) is 6.07 Å². The molecule has 0 spiro atoms. The lowest BCUT2D eigenvalue weighted by atomic mass is 10.2. The van der Waals surface area contributed by atoms with Crippen LogP contribution in [0.3, 0.4) is 0 Å². The first-order valence-corrected chi connectivity index (χ1v) is 5.79. The van der Waals surface area contributed by atoms with E-state index in [1.54, 1.807) is 13.1 Å². The molecule has 0 radical (unpaired) electrons. The number of nitrogens with zero attached hydrogens (tertiary/aromatic N) is 3. The molecule has 7 nitrogen and oxygen atoms in total. The van der Waals surface area contributed by atoms with Gasteiger partial charge in [0, 0.05) is 19.7 Å². The van der Waals surface area contributed by atoms with E-state index in [1.807, 2.05) is 11.8 Å². The Kier molecular flexibility index (Phi) is 3.61. The van der Waals surface area contributed by atoms with E-state index in [-0.39, 0.29) is 0 Å². The zero-order valence-electron chi connectivity index (χ0n) is 10.5. The molecule has 1 aromatic rings. The van der Waals surface area contributed by atoms with Gasteiger partial charge in [0.05, 0.1) is 13.2 Å². The summed E-state index contributed by atoms with van der Waals surface area (Å²) in [4.78, 5) is 21.9. The van der Waals surface area contributed by atoms with Crippen LogP contribution in [0.1, 0.15) is 5.82 Å². The number of aryl methyl sites for hydroxylation is 1. The van der Waals surface area contributed by atoms with Crippen LogP contribution in [-0.2, 0) is 9.53 Å². The molecule has 98 valence electrons. The van der Waals surface area contributed by atoms with E-state index >= 15 is 0 Å². The second kappa shape index (κ2) is 5.18. The third-order valence-electron chi connectivity index (χ3n) is 2.83. The highest BCUT2D eigenvalue weighted by molar-refractivity contribution is 5.83.